The van der Waals surface area contributed by atoms with Crippen molar-refractivity contribution in [3.05, 3.63) is 35.9 Å². The Morgan fingerprint density at radius 1 is 1.41 bits per heavy atom. The maximum atomic E-state index is 11.9. The van der Waals surface area contributed by atoms with E-state index in [9.17, 15) is 13.2 Å². The van der Waals surface area contributed by atoms with E-state index in [2.05, 4.69) is 5.32 Å². The number of halogens is 1. The van der Waals surface area contributed by atoms with Crippen molar-refractivity contribution in [1.82, 2.24) is 5.32 Å². The molecule has 1 saturated heterocycles. The van der Waals surface area contributed by atoms with Gasteiger partial charge >= 0.3 is 6.09 Å². The third kappa shape index (κ3) is 5.82. The molecule has 1 fully saturated rings. The van der Waals surface area contributed by atoms with Gasteiger partial charge in [0.1, 0.15) is 6.61 Å². The van der Waals surface area contributed by atoms with E-state index in [1.165, 1.54) is 0 Å². The largest absolute Gasteiger partial charge is 0.445 e. The summed E-state index contributed by atoms with van der Waals surface area (Å²) >= 11 is 0. The second-order valence-corrected chi connectivity index (χ2v) is 7.96. The monoisotopic (exact) mass is 347 g/mol. The van der Waals surface area contributed by atoms with Crippen molar-refractivity contribution in [2.24, 2.45) is 5.92 Å². The minimum Gasteiger partial charge on any atom is -0.445 e. The van der Waals surface area contributed by atoms with Crippen LogP contribution in [-0.2, 0) is 25.1 Å². The number of ether oxygens (including phenoxy) is 2. The van der Waals surface area contributed by atoms with E-state index in [1.54, 1.807) is 0 Å². The molecule has 0 radical (unpaired) electrons. The molecule has 0 bridgehead atoms. The van der Waals surface area contributed by atoms with Crippen LogP contribution < -0.4 is 5.32 Å². The average Bonchev–Trinajstić information content (AvgIpc) is 2.98. The summed E-state index contributed by atoms with van der Waals surface area (Å²) in [6.45, 7) is 1.06. The van der Waals surface area contributed by atoms with E-state index in [-0.39, 0.29) is 18.3 Å². The van der Waals surface area contributed by atoms with E-state index < -0.39 is 21.2 Å². The van der Waals surface area contributed by atoms with E-state index in [4.69, 9.17) is 20.2 Å². The van der Waals surface area contributed by atoms with Gasteiger partial charge in [-0.2, -0.15) is 0 Å². The maximum absolute atomic E-state index is 11.9. The Morgan fingerprint density at radius 2 is 2.14 bits per heavy atom. The number of carbonyl (C=O) groups is 1. The highest BCUT2D eigenvalue weighted by Crippen LogP contribution is 2.19. The summed E-state index contributed by atoms with van der Waals surface area (Å²) in [5.74, 6) is -0.430. The van der Waals surface area contributed by atoms with Gasteiger partial charge in [0, 0.05) is 23.2 Å². The van der Waals surface area contributed by atoms with Crippen molar-refractivity contribution in [3.8, 4) is 0 Å². The molecular weight excluding hydrogens is 330 g/mol. The third-order valence-electron chi connectivity index (χ3n) is 3.43. The van der Waals surface area contributed by atoms with E-state index in [0.717, 1.165) is 5.56 Å². The lowest BCUT2D eigenvalue weighted by atomic mass is 10.0. The summed E-state index contributed by atoms with van der Waals surface area (Å²) in [5.41, 5.74) is 0.850. The predicted octanol–water partition coefficient (Wildman–Crippen LogP) is 1.89. The Labute approximate surface area is 134 Å². The fourth-order valence-electron chi connectivity index (χ4n) is 2.30. The molecule has 22 heavy (non-hydrogen) atoms. The summed E-state index contributed by atoms with van der Waals surface area (Å²) in [5, 5.41) is 2.58. The Balaban J connectivity index is 1.89. The Bertz CT molecular complexity index is 587. The van der Waals surface area contributed by atoms with Crippen LogP contribution in [0.1, 0.15) is 12.0 Å². The second-order valence-electron chi connectivity index (χ2n) is 5.14. The van der Waals surface area contributed by atoms with Gasteiger partial charge in [0.2, 0.25) is 9.05 Å². The molecule has 6 nitrogen and oxygen atoms in total. The van der Waals surface area contributed by atoms with Gasteiger partial charge in [0.15, 0.2) is 0 Å². The number of hydrogen-bond donors (Lipinski definition) is 1. The topological polar surface area (TPSA) is 81.7 Å². The molecule has 1 heterocycles. The zero-order chi connectivity index (χ0) is 16.0. The summed E-state index contributed by atoms with van der Waals surface area (Å²) in [4.78, 5) is 11.9. The first-order valence-electron chi connectivity index (χ1n) is 6.91. The summed E-state index contributed by atoms with van der Waals surface area (Å²) in [6, 6.07) is 8.60. The quantitative estimate of drug-likeness (QED) is 0.795. The van der Waals surface area contributed by atoms with Crippen molar-refractivity contribution in [1.29, 1.82) is 0 Å². The van der Waals surface area contributed by atoms with E-state index >= 15 is 0 Å². The van der Waals surface area contributed by atoms with Gasteiger partial charge in [-0.25, -0.2) is 13.2 Å². The molecule has 0 aromatic heterocycles. The first kappa shape index (κ1) is 17.1. The zero-order valence-corrected chi connectivity index (χ0v) is 13.5. The minimum absolute atomic E-state index is 0.0854. The lowest BCUT2D eigenvalue weighted by Crippen LogP contribution is -2.44. The minimum atomic E-state index is -3.73. The molecule has 2 rings (SSSR count). The average molecular weight is 348 g/mol. The fourth-order valence-corrected chi connectivity index (χ4v) is 3.49. The molecule has 122 valence electrons. The molecule has 1 aliphatic rings. The van der Waals surface area contributed by atoms with Crippen LogP contribution in [0.15, 0.2) is 30.3 Å². The van der Waals surface area contributed by atoms with Crippen molar-refractivity contribution < 1.29 is 22.7 Å². The lowest BCUT2D eigenvalue weighted by Gasteiger charge is -2.22. The van der Waals surface area contributed by atoms with Gasteiger partial charge in [0.05, 0.1) is 18.4 Å². The Hall–Kier alpha value is -1.31. The highest BCUT2D eigenvalue weighted by atomic mass is 35.7. The second kappa shape index (κ2) is 7.80. The van der Waals surface area contributed by atoms with Crippen molar-refractivity contribution in [2.45, 2.75) is 19.1 Å². The van der Waals surface area contributed by atoms with Gasteiger partial charge in [-0.1, -0.05) is 30.3 Å². The molecule has 0 aliphatic carbocycles. The molecule has 1 aliphatic heterocycles. The predicted molar refractivity (Wildman–Crippen MR) is 82.1 cm³/mol. The number of carbonyl (C=O) groups excluding carboxylic acids is 1. The molecule has 2 unspecified atom stereocenters. The number of nitrogens with one attached hydrogen (secondary N) is 1. The number of rotatable bonds is 6. The Kier molecular flexibility index (Phi) is 6.05. The molecule has 8 heteroatoms. The normalized spacial score (nSPS) is 19.6. The number of benzene rings is 1. The molecule has 2 atom stereocenters. The highest BCUT2D eigenvalue weighted by Gasteiger charge is 2.31. The van der Waals surface area contributed by atoms with Crippen molar-refractivity contribution >= 4 is 25.8 Å². The number of amides is 1. The smallest absolute Gasteiger partial charge is 0.407 e. The van der Waals surface area contributed by atoms with Crippen LogP contribution in [0.5, 0.6) is 0 Å². The van der Waals surface area contributed by atoms with Crippen molar-refractivity contribution in [3.63, 3.8) is 0 Å². The van der Waals surface area contributed by atoms with Gasteiger partial charge in [0.25, 0.3) is 0 Å². The lowest BCUT2D eigenvalue weighted by molar-refractivity contribution is 0.130. The van der Waals surface area contributed by atoms with Crippen LogP contribution in [0.25, 0.3) is 0 Å². The number of hydrogen-bond acceptors (Lipinski definition) is 5. The molecule has 1 N–H and O–H groups in total. The van der Waals surface area contributed by atoms with Crippen LogP contribution >= 0.6 is 10.7 Å². The molecule has 1 aromatic rings. The first-order chi connectivity index (χ1) is 10.4. The molecule has 1 aromatic carbocycles. The van der Waals surface area contributed by atoms with Crippen LogP contribution in [0.3, 0.4) is 0 Å². The summed E-state index contributed by atoms with van der Waals surface area (Å²) < 4.78 is 32.9. The van der Waals surface area contributed by atoms with Gasteiger partial charge in [-0.15, -0.1) is 0 Å². The van der Waals surface area contributed by atoms with E-state index in [0.29, 0.717) is 19.6 Å². The fraction of sp³-hybridized carbons (Fsp3) is 0.500. The molecule has 0 spiro atoms. The Morgan fingerprint density at radius 3 is 2.73 bits per heavy atom. The van der Waals surface area contributed by atoms with Crippen molar-refractivity contribution in [2.75, 3.05) is 19.0 Å². The molecule has 1 amide bonds. The van der Waals surface area contributed by atoms with Crippen LogP contribution in [0.4, 0.5) is 4.79 Å². The summed E-state index contributed by atoms with van der Waals surface area (Å²) in [6.07, 6.45) is 0.0110. The maximum Gasteiger partial charge on any atom is 0.407 e. The van der Waals surface area contributed by atoms with E-state index in [1.807, 2.05) is 30.3 Å². The number of alkyl carbamates (subject to hydrolysis) is 1. The third-order valence-corrected chi connectivity index (χ3v) is 4.56. The van der Waals surface area contributed by atoms with Crippen LogP contribution in [0, 0.1) is 5.92 Å². The van der Waals surface area contributed by atoms with Gasteiger partial charge in [-0.3, -0.25) is 0 Å². The first-order valence-corrected chi connectivity index (χ1v) is 9.39. The molecule has 0 saturated carbocycles. The standard InChI is InChI=1S/C14H18ClNO5S/c15-22(18,19)10-13(12-6-7-20-9-12)16-14(17)21-8-11-4-2-1-3-5-11/h1-5,12-13H,6-10H2,(H,16,17). The van der Waals surface area contributed by atoms with Gasteiger partial charge in [-0.05, 0) is 12.0 Å². The highest BCUT2D eigenvalue weighted by molar-refractivity contribution is 8.13. The van der Waals surface area contributed by atoms with Crippen LogP contribution in [0.2, 0.25) is 0 Å². The SMILES string of the molecule is O=C(NC(CS(=O)(=O)Cl)C1CCOC1)OCc1ccccc1. The molecular formula is C14H18ClNO5S. The van der Waals surface area contributed by atoms with Crippen LogP contribution in [-0.4, -0.2) is 39.5 Å². The zero-order valence-electron chi connectivity index (χ0n) is 11.9. The summed E-state index contributed by atoms with van der Waals surface area (Å²) in [7, 11) is 1.57. The van der Waals surface area contributed by atoms with Gasteiger partial charge < -0.3 is 14.8 Å².